The SMILES string of the molecule is c1ccc(-c2nc(-c3ccc4ccccc4c3)nc(-c3ccc(-c4ccc5ccccc5c4)c4oc5cc6ccccc6cc5c34)n2)cc1. The van der Waals surface area contributed by atoms with Gasteiger partial charge in [0.05, 0.1) is 0 Å². The average Bonchev–Trinajstić information content (AvgIpc) is 3.54. The number of hydrogen-bond donors (Lipinski definition) is 0. The van der Waals surface area contributed by atoms with Gasteiger partial charge in [-0.15, -0.1) is 0 Å². The predicted octanol–water partition coefficient (Wildman–Crippen LogP) is 11.9. The lowest BCUT2D eigenvalue weighted by Gasteiger charge is -2.11. The largest absolute Gasteiger partial charge is 0.455 e. The Morgan fingerprint density at radius 3 is 1.55 bits per heavy atom. The van der Waals surface area contributed by atoms with Crippen LogP contribution in [0.15, 0.2) is 168 Å². The minimum absolute atomic E-state index is 0.600. The van der Waals surface area contributed by atoms with Crippen LogP contribution < -0.4 is 0 Å². The number of benzene rings is 8. The fraction of sp³-hybridized carbons (Fsp3) is 0. The van der Waals surface area contributed by atoms with Gasteiger partial charge in [-0.25, -0.2) is 15.0 Å². The maximum absolute atomic E-state index is 6.83. The second-order valence-corrected chi connectivity index (χ2v) is 12.5. The fourth-order valence-electron chi connectivity index (χ4n) is 7.01. The highest BCUT2D eigenvalue weighted by Crippen LogP contribution is 2.43. The molecule has 0 saturated carbocycles. The van der Waals surface area contributed by atoms with Crippen LogP contribution in [0.25, 0.3) is 99.5 Å². The second-order valence-electron chi connectivity index (χ2n) is 12.5. The van der Waals surface area contributed by atoms with Crippen molar-refractivity contribution in [3.05, 3.63) is 164 Å². The van der Waals surface area contributed by atoms with Gasteiger partial charge in [0, 0.05) is 33.0 Å². The lowest BCUT2D eigenvalue weighted by Crippen LogP contribution is -2.00. The van der Waals surface area contributed by atoms with Crippen molar-refractivity contribution < 1.29 is 4.42 Å². The van der Waals surface area contributed by atoms with E-state index >= 15 is 0 Å². The molecule has 10 aromatic rings. The van der Waals surface area contributed by atoms with Gasteiger partial charge in [-0.2, -0.15) is 0 Å². The quantitative estimate of drug-likeness (QED) is 0.195. The van der Waals surface area contributed by atoms with Crippen molar-refractivity contribution in [3.63, 3.8) is 0 Å². The molecule has 0 aliphatic carbocycles. The van der Waals surface area contributed by atoms with Gasteiger partial charge in [-0.3, -0.25) is 0 Å². The summed E-state index contributed by atoms with van der Waals surface area (Å²) in [5, 5.41) is 9.00. The van der Waals surface area contributed by atoms with E-state index in [1.165, 1.54) is 16.2 Å². The Labute approximate surface area is 282 Å². The Bertz CT molecular complexity index is 2890. The molecule has 10 rings (SSSR count). The molecular formula is C45H27N3O. The summed E-state index contributed by atoms with van der Waals surface area (Å²) in [5.41, 5.74) is 6.53. The van der Waals surface area contributed by atoms with E-state index in [0.717, 1.165) is 65.9 Å². The number of fused-ring (bicyclic) bond motifs is 6. The van der Waals surface area contributed by atoms with E-state index in [9.17, 15) is 0 Å². The van der Waals surface area contributed by atoms with Gasteiger partial charge in [-0.1, -0.05) is 127 Å². The maximum atomic E-state index is 6.83. The zero-order chi connectivity index (χ0) is 32.3. The Morgan fingerprint density at radius 2 is 0.857 bits per heavy atom. The van der Waals surface area contributed by atoms with Crippen molar-refractivity contribution in [1.29, 1.82) is 0 Å². The Kier molecular flexibility index (Phi) is 6.15. The summed E-state index contributed by atoms with van der Waals surface area (Å²) in [7, 11) is 0. The first kappa shape index (κ1) is 27.5. The molecule has 2 aromatic heterocycles. The smallest absolute Gasteiger partial charge is 0.164 e. The molecule has 4 nitrogen and oxygen atoms in total. The summed E-state index contributed by atoms with van der Waals surface area (Å²) >= 11 is 0. The summed E-state index contributed by atoms with van der Waals surface area (Å²) in [5.74, 6) is 1.85. The van der Waals surface area contributed by atoms with Crippen molar-refractivity contribution in [1.82, 2.24) is 15.0 Å². The molecule has 0 radical (unpaired) electrons. The molecule has 0 aliphatic heterocycles. The summed E-state index contributed by atoms with van der Waals surface area (Å²) in [6.07, 6.45) is 0. The highest BCUT2D eigenvalue weighted by Gasteiger charge is 2.21. The Morgan fingerprint density at radius 1 is 0.347 bits per heavy atom. The third-order valence-corrected chi connectivity index (χ3v) is 9.46. The average molecular weight is 626 g/mol. The first-order valence-corrected chi connectivity index (χ1v) is 16.4. The van der Waals surface area contributed by atoms with Crippen molar-refractivity contribution in [2.75, 3.05) is 0 Å². The molecule has 0 fully saturated rings. The zero-order valence-corrected chi connectivity index (χ0v) is 26.3. The van der Waals surface area contributed by atoms with Gasteiger partial charge in [0.15, 0.2) is 17.5 Å². The van der Waals surface area contributed by atoms with Crippen LogP contribution in [0.3, 0.4) is 0 Å². The van der Waals surface area contributed by atoms with E-state index in [-0.39, 0.29) is 0 Å². The van der Waals surface area contributed by atoms with Crippen LogP contribution in [0.5, 0.6) is 0 Å². The highest BCUT2D eigenvalue weighted by molar-refractivity contribution is 6.18. The topological polar surface area (TPSA) is 51.8 Å². The van der Waals surface area contributed by atoms with Crippen molar-refractivity contribution in [3.8, 4) is 45.3 Å². The monoisotopic (exact) mass is 625 g/mol. The molecule has 4 heteroatoms. The summed E-state index contributed by atoms with van der Waals surface area (Å²) in [4.78, 5) is 15.4. The lowest BCUT2D eigenvalue weighted by molar-refractivity contribution is 0.670. The van der Waals surface area contributed by atoms with E-state index in [2.05, 4.69) is 133 Å². The van der Waals surface area contributed by atoms with Crippen molar-refractivity contribution in [2.24, 2.45) is 0 Å². The van der Waals surface area contributed by atoms with Gasteiger partial charge in [0.2, 0.25) is 0 Å². The van der Waals surface area contributed by atoms with Crippen LogP contribution in [0.1, 0.15) is 0 Å². The van der Waals surface area contributed by atoms with E-state index in [4.69, 9.17) is 19.4 Å². The zero-order valence-electron chi connectivity index (χ0n) is 26.3. The molecule has 8 aromatic carbocycles. The van der Waals surface area contributed by atoms with Gasteiger partial charge >= 0.3 is 0 Å². The first-order valence-electron chi connectivity index (χ1n) is 16.4. The Hall–Kier alpha value is -6.65. The van der Waals surface area contributed by atoms with Crippen LogP contribution in [0.4, 0.5) is 0 Å². The van der Waals surface area contributed by atoms with Crippen molar-refractivity contribution in [2.45, 2.75) is 0 Å². The maximum Gasteiger partial charge on any atom is 0.164 e. The number of rotatable bonds is 4. The van der Waals surface area contributed by atoms with E-state index in [1.54, 1.807) is 0 Å². The van der Waals surface area contributed by atoms with Crippen LogP contribution in [-0.4, -0.2) is 15.0 Å². The van der Waals surface area contributed by atoms with E-state index in [0.29, 0.717) is 17.5 Å². The van der Waals surface area contributed by atoms with E-state index in [1.807, 2.05) is 30.3 Å². The first-order chi connectivity index (χ1) is 24.2. The minimum atomic E-state index is 0.600. The second kappa shape index (κ2) is 11.0. The Balaban J connectivity index is 1.27. The van der Waals surface area contributed by atoms with Crippen LogP contribution >= 0.6 is 0 Å². The molecule has 0 bridgehead atoms. The van der Waals surface area contributed by atoms with Crippen LogP contribution in [0, 0.1) is 0 Å². The molecule has 0 spiro atoms. The molecule has 0 unspecified atom stereocenters. The van der Waals surface area contributed by atoms with Crippen LogP contribution in [0.2, 0.25) is 0 Å². The number of nitrogens with zero attached hydrogens (tertiary/aromatic N) is 3. The molecule has 0 amide bonds. The molecule has 0 saturated heterocycles. The number of hydrogen-bond acceptors (Lipinski definition) is 4. The molecule has 0 aliphatic rings. The van der Waals surface area contributed by atoms with Crippen molar-refractivity contribution >= 4 is 54.3 Å². The molecule has 0 N–H and O–H groups in total. The summed E-state index contributed by atoms with van der Waals surface area (Å²) in [6.45, 7) is 0. The number of furan rings is 1. The third-order valence-electron chi connectivity index (χ3n) is 9.46. The highest BCUT2D eigenvalue weighted by atomic mass is 16.3. The summed E-state index contributed by atoms with van der Waals surface area (Å²) in [6, 6.07) is 57.0. The minimum Gasteiger partial charge on any atom is -0.455 e. The van der Waals surface area contributed by atoms with Crippen LogP contribution in [-0.2, 0) is 0 Å². The standard InChI is InChI=1S/C45H27N3O/c1-2-12-30(13-3-1)43-46-44(36-21-19-29-11-5-7-15-32(29)25-36)48-45(47-43)38-23-22-37(35-20-18-28-10-4-6-14-31(28)24-35)42-41(38)39-26-33-16-8-9-17-34(33)27-40(39)49-42/h1-27H. The molecule has 49 heavy (non-hydrogen) atoms. The van der Waals surface area contributed by atoms with E-state index < -0.39 is 0 Å². The molecule has 228 valence electrons. The van der Waals surface area contributed by atoms with Gasteiger partial charge in [-0.05, 0) is 74.3 Å². The predicted molar refractivity (Wildman–Crippen MR) is 201 cm³/mol. The third kappa shape index (κ3) is 4.65. The van der Waals surface area contributed by atoms with Gasteiger partial charge in [0.25, 0.3) is 0 Å². The van der Waals surface area contributed by atoms with Gasteiger partial charge in [0.1, 0.15) is 11.2 Å². The van der Waals surface area contributed by atoms with Gasteiger partial charge < -0.3 is 4.42 Å². The molecule has 2 heterocycles. The lowest BCUT2D eigenvalue weighted by atomic mass is 9.96. The normalized spacial score (nSPS) is 11.7. The molecular weight excluding hydrogens is 599 g/mol. The summed E-state index contributed by atoms with van der Waals surface area (Å²) < 4.78 is 6.83. The number of aromatic nitrogens is 3. The fourth-order valence-corrected chi connectivity index (χ4v) is 7.01. The molecule has 0 atom stereocenters.